The van der Waals surface area contributed by atoms with Crippen molar-refractivity contribution in [2.45, 2.75) is 26.3 Å². The standard InChI is InChI=1S/C16H16N4O3/c1-11-13(6-8-22-11)16-20-19-15(23-16)5-4-14(21)18-10-12-3-2-7-17-9-12/h2-3,6-9H,4-5,10H2,1H3,(H,18,21). The second-order valence-corrected chi connectivity index (χ2v) is 5.03. The van der Waals surface area contributed by atoms with Gasteiger partial charge in [0.2, 0.25) is 11.8 Å². The number of pyridine rings is 1. The second-order valence-electron chi connectivity index (χ2n) is 5.03. The Morgan fingerprint density at radius 1 is 1.30 bits per heavy atom. The minimum Gasteiger partial charge on any atom is -0.469 e. The van der Waals surface area contributed by atoms with Gasteiger partial charge in [-0.1, -0.05) is 6.07 Å². The van der Waals surface area contributed by atoms with Gasteiger partial charge in [0.25, 0.3) is 5.89 Å². The highest BCUT2D eigenvalue weighted by Gasteiger charge is 2.13. The van der Waals surface area contributed by atoms with Crippen molar-refractivity contribution in [2.24, 2.45) is 0 Å². The number of aromatic nitrogens is 3. The highest BCUT2D eigenvalue weighted by molar-refractivity contribution is 5.76. The average molecular weight is 312 g/mol. The van der Waals surface area contributed by atoms with Gasteiger partial charge in [-0.05, 0) is 24.6 Å². The molecule has 0 aliphatic heterocycles. The molecule has 23 heavy (non-hydrogen) atoms. The Balaban J connectivity index is 1.50. The van der Waals surface area contributed by atoms with E-state index in [-0.39, 0.29) is 12.3 Å². The van der Waals surface area contributed by atoms with Gasteiger partial charge in [-0.3, -0.25) is 9.78 Å². The molecular formula is C16H16N4O3. The summed E-state index contributed by atoms with van der Waals surface area (Å²) in [6.45, 7) is 2.28. The summed E-state index contributed by atoms with van der Waals surface area (Å²) in [6, 6.07) is 5.51. The van der Waals surface area contributed by atoms with E-state index in [2.05, 4.69) is 20.5 Å². The van der Waals surface area contributed by atoms with Gasteiger partial charge in [-0.2, -0.15) is 0 Å². The molecule has 3 rings (SSSR count). The molecule has 7 heteroatoms. The van der Waals surface area contributed by atoms with Crippen LogP contribution in [0.5, 0.6) is 0 Å². The number of aryl methyl sites for hydroxylation is 2. The van der Waals surface area contributed by atoms with Crippen LogP contribution in [-0.2, 0) is 17.8 Å². The van der Waals surface area contributed by atoms with E-state index in [0.717, 1.165) is 16.9 Å². The van der Waals surface area contributed by atoms with Crippen LogP contribution in [0.25, 0.3) is 11.5 Å². The van der Waals surface area contributed by atoms with Crippen molar-refractivity contribution in [1.82, 2.24) is 20.5 Å². The summed E-state index contributed by atoms with van der Waals surface area (Å²) < 4.78 is 10.8. The summed E-state index contributed by atoms with van der Waals surface area (Å²) in [6.07, 6.45) is 5.66. The van der Waals surface area contributed by atoms with Gasteiger partial charge in [-0.15, -0.1) is 10.2 Å². The van der Waals surface area contributed by atoms with Crippen LogP contribution in [-0.4, -0.2) is 21.1 Å². The third kappa shape index (κ3) is 3.82. The Labute approximate surface area is 132 Å². The summed E-state index contributed by atoms with van der Waals surface area (Å²) in [5.41, 5.74) is 1.72. The smallest absolute Gasteiger partial charge is 0.251 e. The van der Waals surface area contributed by atoms with E-state index in [1.54, 1.807) is 24.7 Å². The maximum Gasteiger partial charge on any atom is 0.251 e. The van der Waals surface area contributed by atoms with E-state index in [0.29, 0.717) is 24.7 Å². The number of furan rings is 1. The topological polar surface area (TPSA) is 94.0 Å². The molecule has 0 unspecified atom stereocenters. The summed E-state index contributed by atoms with van der Waals surface area (Å²) in [4.78, 5) is 15.8. The van der Waals surface area contributed by atoms with Gasteiger partial charge in [-0.25, -0.2) is 0 Å². The molecule has 0 saturated carbocycles. The Kier molecular flexibility index (Phi) is 4.46. The van der Waals surface area contributed by atoms with Crippen LogP contribution in [0.2, 0.25) is 0 Å². The van der Waals surface area contributed by atoms with Crippen molar-refractivity contribution in [3.8, 4) is 11.5 Å². The monoisotopic (exact) mass is 312 g/mol. The van der Waals surface area contributed by atoms with E-state index in [1.807, 2.05) is 19.1 Å². The van der Waals surface area contributed by atoms with Crippen LogP contribution in [0.1, 0.15) is 23.6 Å². The lowest BCUT2D eigenvalue weighted by Crippen LogP contribution is -2.23. The number of rotatable bonds is 6. The van der Waals surface area contributed by atoms with E-state index in [9.17, 15) is 4.79 Å². The first-order valence-corrected chi connectivity index (χ1v) is 7.25. The molecule has 0 aliphatic carbocycles. The molecule has 3 heterocycles. The van der Waals surface area contributed by atoms with Crippen LogP contribution in [0, 0.1) is 6.92 Å². The molecule has 0 aromatic carbocycles. The van der Waals surface area contributed by atoms with Gasteiger partial charge in [0.1, 0.15) is 5.76 Å². The Hall–Kier alpha value is -2.96. The van der Waals surface area contributed by atoms with Crippen molar-refractivity contribution >= 4 is 5.91 Å². The quantitative estimate of drug-likeness (QED) is 0.750. The number of hydrogen-bond donors (Lipinski definition) is 1. The molecule has 0 radical (unpaired) electrons. The molecule has 118 valence electrons. The Bertz CT molecular complexity index is 779. The number of nitrogens with one attached hydrogen (secondary N) is 1. The average Bonchev–Trinajstić information content (AvgIpc) is 3.20. The zero-order valence-corrected chi connectivity index (χ0v) is 12.7. The number of hydrogen-bond acceptors (Lipinski definition) is 6. The fourth-order valence-electron chi connectivity index (χ4n) is 2.08. The fourth-order valence-corrected chi connectivity index (χ4v) is 2.08. The van der Waals surface area contributed by atoms with E-state index in [4.69, 9.17) is 8.83 Å². The van der Waals surface area contributed by atoms with E-state index < -0.39 is 0 Å². The maximum absolute atomic E-state index is 11.8. The lowest BCUT2D eigenvalue weighted by molar-refractivity contribution is -0.121. The third-order valence-electron chi connectivity index (χ3n) is 3.33. The van der Waals surface area contributed by atoms with Crippen molar-refractivity contribution in [3.05, 3.63) is 54.1 Å². The minimum absolute atomic E-state index is 0.0758. The van der Waals surface area contributed by atoms with Crippen LogP contribution in [0.3, 0.4) is 0 Å². The fraction of sp³-hybridized carbons (Fsp3) is 0.250. The van der Waals surface area contributed by atoms with Crippen molar-refractivity contribution in [3.63, 3.8) is 0 Å². The van der Waals surface area contributed by atoms with E-state index in [1.165, 1.54) is 0 Å². The highest BCUT2D eigenvalue weighted by Crippen LogP contribution is 2.22. The van der Waals surface area contributed by atoms with Gasteiger partial charge < -0.3 is 14.2 Å². The van der Waals surface area contributed by atoms with Crippen LogP contribution < -0.4 is 5.32 Å². The zero-order valence-electron chi connectivity index (χ0n) is 12.7. The molecular weight excluding hydrogens is 296 g/mol. The van der Waals surface area contributed by atoms with E-state index >= 15 is 0 Å². The molecule has 1 amide bonds. The minimum atomic E-state index is -0.0758. The molecule has 0 bridgehead atoms. The van der Waals surface area contributed by atoms with Crippen LogP contribution in [0.15, 0.2) is 45.7 Å². The van der Waals surface area contributed by atoms with Crippen molar-refractivity contribution in [1.29, 1.82) is 0 Å². The number of carbonyl (C=O) groups is 1. The molecule has 0 atom stereocenters. The van der Waals surface area contributed by atoms with Gasteiger partial charge in [0.05, 0.1) is 11.8 Å². The largest absolute Gasteiger partial charge is 0.469 e. The van der Waals surface area contributed by atoms with Crippen molar-refractivity contribution < 1.29 is 13.6 Å². The molecule has 0 fully saturated rings. The molecule has 3 aromatic heterocycles. The summed E-state index contributed by atoms with van der Waals surface area (Å²) in [5, 5.41) is 10.8. The molecule has 0 saturated heterocycles. The summed E-state index contributed by atoms with van der Waals surface area (Å²) in [7, 11) is 0. The molecule has 1 N–H and O–H groups in total. The van der Waals surface area contributed by atoms with Crippen molar-refractivity contribution in [2.75, 3.05) is 0 Å². The normalized spacial score (nSPS) is 10.7. The first kappa shape index (κ1) is 15.0. The lowest BCUT2D eigenvalue weighted by atomic mass is 10.2. The Morgan fingerprint density at radius 2 is 2.22 bits per heavy atom. The summed E-state index contributed by atoms with van der Waals surface area (Å²) in [5.74, 6) is 1.47. The first-order valence-electron chi connectivity index (χ1n) is 7.25. The zero-order chi connectivity index (χ0) is 16.1. The van der Waals surface area contributed by atoms with Crippen LogP contribution in [0.4, 0.5) is 0 Å². The van der Waals surface area contributed by atoms with Gasteiger partial charge >= 0.3 is 0 Å². The molecule has 3 aromatic rings. The molecule has 0 aliphatic rings. The molecule has 0 spiro atoms. The first-order chi connectivity index (χ1) is 11.2. The Morgan fingerprint density at radius 3 is 2.96 bits per heavy atom. The van der Waals surface area contributed by atoms with Crippen LogP contribution >= 0.6 is 0 Å². The molecule has 7 nitrogen and oxygen atoms in total. The lowest BCUT2D eigenvalue weighted by Gasteiger charge is -2.03. The number of nitrogens with zero attached hydrogens (tertiary/aromatic N) is 3. The predicted molar refractivity (Wildman–Crippen MR) is 81.1 cm³/mol. The number of carbonyl (C=O) groups excluding carboxylic acids is 1. The number of amides is 1. The third-order valence-corrected chi connectivity index (χ3v) is 3.33. The highest BCUT2D eigenvalue weighted by atomic mass is 16.4. The summed E-state index contributed by atoms with van der Waals surface area (Å²) >= 11 is 0. The maximum atomic E-state index is 11.8. The van der Waals surface area contributed by atoms with Gasteiger partial charge in [0.15, 0.2) is 0 Å². The van der Waals surface area contributed by atoms with Gasteiger partial charge in [0, 0.05) is 31.8 Å². The second kappa shape index (κ2) is 6.87. The SMILES string of the molecule is Cc1occc1-c1nnc(CCC(=O)NCc2cccnc2)o1. The predicted octanol–water partition coefficient (Wildman–Crippen LogP) is 2.28.